The Kier molecular flexibility index (Phi) is 5.35. The lowest BCUT2D eigenvalue weighted by Gasteiger charge is -2.53. The number of hydrogen-bond donors (Lipinski definition) is 0. The normalized spacial score (nSPS) is 26.6. The van der Waals surface area contributed by atoms with Gasteiger partial charge in [-0.3, -0.25) is 0 Å². The Bertz CT molecular complexity index is 1280. The smallest absolute Gasteiger partial charge is 0.180 e. The fourth-order valence-electron chi connectivity index (χ4n) is 6.22. The van der Waals surface area contributed by atoms with Crippen molar-refractivity contribution in [2.24, 2.45) is 5.41 Å². The molecule has 3 aliphatic rings. The van der Waals surface area contributed by atoms with Gasteiger partial charge in [0.05, 0.1) is 23.0 Å². The number of rotatable bonds is 5. The lowest BCUT2D eigenvalue weighted by atomic mass is 9.58. The monoisotopic (exact) mass is 468 g/mol. The Hall–Kier alpha value is -3.28. The molecule has 3 aromatic rings. The van der Waals surface area contributed by atoms with Gasteiger partial charge in [-0.15, -0.1) is 13.2 Å². The highest BCUT2D eigenvalue weighted by atomic mass is 19.1. The van der Waals surface area contributed by atoms with E-state index in [2.05, 4.69) is 43.5 Å². The second kappa shape index (κ2) is 8.43. The summed E-state index contributed by atoms with van der Waals surface area (Å²) in [6, 6.07) is 17.0. The van der Waals surface area contributed by atoms with E-state index >= 15 is 0 Å². The maximum Gasteiger partial charge on any atom is 0.180 e. The van der Waals surface area contributed by atoms with E-state index in [0.29, 0.717) is 0 Å². The van der Waals surface area contributed by atoms with Gasteiger partial charge in [-0.25, -0.2) is 9.07 Å². The van der Waals surface area contributed by atoms with Crippen LogP contribution in [0.5, 0.6) is 0 Å². The molecule has 5 heteroatoms. The molecule has 2 aliphatic carbocycles. The van der Waals surface area contributed by atoms with Gasteiger partial charge in [0.2, 0.25) is 0 Å². The lowest BCUT2D eigenvalue weighted by Crippen LogP contribution is -2.56. The van der Waals surface area contributed by atoms with Crippen LogP contribution >= 0.6 is 0 Å². The lowest BCUT2D eigenvalue weighted by molar-refractivity contribution is -0.248. The summed E-state index contributed by atoms with van der Waals surface area (Å²) in [5.41, 5.74) is 5.22. The standard InChI is InChI=1S/C30H29FN2O2/c1-3-27-28(4-2)35-30(34-27)16-8-11-23-17-26-22(19-29(23,30)18-21-9-6-5-7-10-21)20-32-33(26)25-14-12-24(31)13-15-25/h3-7,9-10,12-15,17,20,27-28H,1-2,8,11,16,18-19H2/t27-,28-,29+/m1/s1. The summed E-state index contributed by atoms with van der Waals surface area (Å²) in [5, 5.41) is 4.71. The Morgan fingerprint density at radius 1 is 1.03 bits per heavy atom. The van der Waals surface area contributed by atoms with Gasteiger partial charge in [0.1, 0.15) is 18.0 Å². The van der Waals surface area contributed by atoms with E-state index < -0.39 is 5.79 Å². The SMILES string of the molecule is C=C[C@H]1OC2(CCCC3=Cc4c(cnn4-c4ccc(F)cc4)C[C@@]32Cc2ccccc2)O[C@@H]1C=C. The Morgan fingerprint density at radius 2 is 1.74 bits per heavy atom. The topological polar surface area (TPSA) is 36.3 Å². The largest absolute Gasteiger partial charge is 0.339 e. The van der Waals surface area contributed by atoms with Crippen LogP contribution in [0.15, 0.2) is 91.7 Å². The molecule has 1 aromatic heterocycles. The number of fused-ring (bicyclic) bond motifs is 3. The van der Waals surface area contributed by atoms with Crippen molar-refractivity contribution in [3.63, 3.8) is 0 Å². The van der Waals surface area contributed by atoms with E-state index in [4.69, 9.17) is 14.6 Å². The van der Waals surface area contributed by atoms with Gasteiger partial charge in [0.15, 0.2) is 5.79 Å². The molecule has 1 saturated heterocycles. The molecule has 2 aromatic carbocycles. The highest BCUT2D eigenvalue weighted by Gasteiger charge is 2.63. The fraction of sp³-hybridized carbons (Fsp3) is 0.300. The van der Waals surface area contributed by atoms with Crippen molar-refractivity contribution in [2.75, 3.05) is 0 Å². The van der Waals surface area contributed by atoms with Gasteiger partial charge < -0.3 is 9.47 Å². The van der Waals surface area contributed by atoms with Gasteiger partial charge in [-0.1, -0.05) is 48.1 Å². The molecule has 2 heterocycles. The summed E-state index contributed by atoms with van der Waals surface area (Å²) in [6.45, 7) is 8.00. The van der Waals surface area contributed by atoms with Crippen LogP contribution in [0.3, 0.4) is 0 Å². The van der Waals surface area contributed by atoms with Crippen molar-refractivity contribution in [1.82, 2.24) is 9.78 Å². The molecule has 0 radical (unpaired) electrons. The molecule has 0 N–H and O–H groups in total. The highest BCUT2D eigenvalue weighted by molar-refractivity contribution is 5.62. The van der Waals surface area contributed by atoms with E-state index in [1.54, 1.807) is 12.1 Å². The summed E-state index contributed by atoms with van der Waals surface area (Å²) in [4.78, 5) is 0. The number of benzene rings is 2. The molecule has 1 spiro atoms. The highest BCUT2D eigenvalue weighted by Crippen LogP contribution is 2.60. The molecule has 1 aliphatic heterocycles. The average molecular weight is 469 g/mol. The van der Waals surface area contributed by atoms with Crippen LogP contribution < -0.4 is 0 Å². The molecule has 0 unspecified atom stereocenters. The first-order chi connectivity index (χ1) is 17.1. The molecular weight excluding hydrogens is 439 g/mol. The maximum atomic E-state index is 13.6. The second-order valence-electron chi connectivity index (χ2n) is 9.78. The van der Waals surface area contributed by atoms with Crippen molar-refractivity contribution >= 4 is 6.08 Å². The minimum Gasteiger partial charge on any atom is -0.339 e. The van der Waals surface area contributed by atoms with Crippen LogP contribution in [-0.2, 0) is 22.3 Å². The minimum atomic E-state index is -0.777. The van der Waals surface area contributed by atoms with Crippen molar-refractivity contribution in [1.29, 1.82) is 0 Å². The van der Waals surface area contributed by atoms with E-state index in [-0.39, 0.29) is 23.4 Å². The summed E-state index contributed by atoms with van der Waals surface area (Å²) < 4.78 is 29.0. The minimum absolute atomic E-state index is 0.233. The quantitative estimate of drug-likeness (QED) is 0.417. The molecule has 35 heavy (non-hydrogen) atoms. The van der Waals surface area contributed by atoms with Crippen molar-refractivity contribution in [3.8, 4) is 5.69 Å². The Morgan fingerprint density at radius 3 is 2.43 bits per heavy atom. The molecular formula is C30H29FN2O2. The zero-order chi connectivity index (χ0) is 24.0. The summed E-state index contributed by atoms with van der Waals surface area (Å²) >= 11 is 0. The third-order valence-electron chi connectivity index (χ3n) is 7.85. The average Bonchev–Trinajstić information content (AvgIpc) is 3.46. The van der Waals surface area contributed by atoms with Gasteiger partial charge in [0.25, 0.3) is 0 Å². The first-order valence-corrected chi connectivity index (χ1v) is 12.3. The van der Waals surface area contributed by atoms with Gasteiger partial charge in [-0.05, 0) is 67.2 Å². The molecule has 0 amide bonds. The number of hydrogen-bond acceptors (Lipinski definition) is 3. The molecule has 6 rings (SSSR count). The summed E-state index contributed by atoms with van der Waals surface area (Å²) in [6.07, 6.45) is 11.7. The number of nitrogens with zero attached hydrogens (tertiary/aromatic N) is 2. The fourth-order valence-corrected chi connectivity index (χ4v) is 6.22. The van der Waals surface area contributed by atoms with E-state index in [1.165, 1.54) is 23.3 Å². The third-order valence-corrected chi connectivity index (χ3v) is 7.85. The first kappa shape index (κ1) is 22.2. The first-order valence-electron chi connectivity index (χ1n) is 12.3. The van der Waals surface area contributed by atoms with E-state index in [0.717, 1.165) is 49.0 Å². The van der Waals surface area contributed by atoms with Gasteiger partial charge in [0, 0.05) is 6.42 Å². The maximum absolute atomic E-state index is 13.6. The van der Waals surface area contributed by atoms with E-state index in [9.17, 15) is 4.39 Å². The zero-order valence-electron chi connectivity index (χ0n) is 19.7. The van der Waals surface area contributed by atoms with Crippen LogP contribution in [0.4, 0.5) is 4.39 Å². The van der Waals surface area contributed by atoms with Crippen molar-refractivity contribution in [2.45, 2.75) is 50.1 Å². The second-order valence-corrected chi connectivity index (χ2v) is 9.78. The van der Waals surface area contributed by atoms with Crippen LogP contribution in [0, 0.1) is 11.2 Å². The zero-order valence-corrected chi connectivity index (χ0v) is 19.7. The summed E-state index contributed by atoms with van der Waals surface area (Å²) in [5.74, 6) is -1.03. The summed E-state index contributed by atoms with van der Waals surface area (Å²) in [7, 11) is 0. The number of halogens is 1. The molecule has 4 nitrogen and oxygen atoms in total. The molecule has 3 atom stereocenters. The van der Waals surface area contributed by atoms with Crippen LogP contribution in [0.25, 0.3) is 11.8 Å². The van der Waals surface area contributed by atoms with Gasteiger partial charge >= 0.3 is 0 Å². The van der Waals surface area contributed by atoms with Crippen LogP contribution in [0.1, 0.15) is 36.1 Å². The van der Waals surface area contributed by atoms with Crippen LogP contribution in [0.2, 0.25) is 0 Å². The molecule has 1 saturated carbocycles. The number of ether oxygens (including phenoxy) is 2. The molecule has 2 fully saturated rings. The van der Waals surface area contributed by atoms with Gasteiger partial charge in [-0.2, -0.15) is 5.10 Å². The molecule has 0 bridgehead atoms. The number of aromatic nitrogens is 2. The van der Waals surface area contributed by atoms with E-state index in [1.807, 2.05) is 29.1 Å². The Balaban J connectivity index is 1.50. The predicted molar refractivity (Wildman–Crippen MR) is 135 cm³/mol. The van der Waals surface area contributed by atoms with Crippen LogP contribution in [-0.4, -0.2) is 27.8 Å². The Labute approximate surface area is 205 Å². The van der Waals surface area contributed by atoms with Crippen molar-refractivity contribution in [3.05, 3.63) is 114 Å². The molecule has 178 valence electrons. The predicted octanol–water partition coefficient (Wildman–Crippen LogP) is 6.22. The van der Waals surface area contributed by atoms with Crippen molar-refractivity contribution < 1.29 is 13.9 Å². The third kappa shape index (κ3) is 3.45.